The summed E-state index contributed by atoms with van der Waals surface area (Å²) >= 11 is 1.69. The summed E-state index contributed by atoms with van der Waals surface area (Å²) in [7, 11) is 2.08. The lowest BCUT2D eigenvalue weighted by Crippen LogP contribution is -2.34. The van der Waals surface area contributed by atoms with E-state index >= 15 is 0 Å². The highest BCUT2D eigenvalue weighted by Crippen LogP contribution is 2.35. The molecule has 1 aromatic carbocycles. The Morgan fingerprint density at radius 3 is 2.67 bits per heavy atom. The van der Waals surface area contributed by atoms with Crippen molar-refractivity contribution in [3.05, 3.63) is 58.4 Å². The van der Waals surface area contributed by atoms with Crippen LogP contribution in [0.4, 0.5) is 0 Å². The van der Waals surface area contributed by atoms with Gasteiger partial charge in [-0.1, -0.05) is 32.0 Å². The van der Waals surface area contributed by atoms with Gasteiger partial charge in [-0.25, -0.2) is 0 Å². The first kappa shape index (κ1) is 22.6. The SMILES string of the molecule is CCN(CC)CCCC(C)NC(=O)CC(c1ccsc1)c1cn(C)c2ccccc12. The zero-order chi connectivity index (χ0) is 21.5. The maximum atomic E-state index is 13.0. The third-order valence-corrected chi connectivity index (χ3v) is 6.75. The van der Waals surface area contributed by atoms with Gasteiger partial charge in [-0.15, -0.1) is 0 Å². The predicted octanol–water partition coefficient (Wildman–Crippen LogP) is 5.39. The molecular formula is C25H35N3OS. The number of amides is 1. The molecule has 5 heteroatoms. The molecule has 0 aliphatic heterocycles. The lowest BCUT2D eigenvalue weighted by atomic mass is 9.89. The molecule has 0 aliphatic carbocycles. The van der Waals surface area contributed by atoms with E-state index in [1.807, 2.05) is 0 Å². The summed E-state index contributed by atoms with van der Waals surface area (Å²) in [5.74, 6) is 0.208. The van der Waals surface area contributed by atoms with E-state index in [0.29, 0.717) is 6.42 Å². The van der Waals surface area contributed by atoms with Crippen LogP contribution in [0.2, 0.25) is 0 Å². The molecule has 1 amide bonds. The molecule has 0 saturated carbocycles. The van der Waals surface area contributed by atoms with Crippen molar-refractivity contribution in [3.63, 3.8) is 0 Å². The first-order chi connectivity index (χ1) is 14.5. The average Bonchev–Trinajstić information content (AvgIpc) is 3.38. The highest BCUT2D eigenvalue weighted by atomic mass is 32.1. The monoisotopic (exact) mass is 425 g/mol. The summed E-state index contributed by atoms with van der Waals surface area (Å²) < 4.78 is 2.16. The van der Waals surface area contributed by atoms with Gasteiger partial charge in [-0.2, -0.15) is 11.3 Å². The second-order valence-corrected chi connectivity index (χ2v) is 8.94. The van der Waals surface area contributed by atoms with E-state index in [9.17, 15) is 4.79 Å². The van der Waals surface area contributed by atoms with Crippen LogP contribution in [0.15, 0.2) is 47.3 Å². The molecule has 3 aromatic rings. The zero-order valence-corrected chi connectivity index (χ0v) is 19.5. The standard InChI is InChI=1S/C25H35N3OS/c1-5-28(6-2)14-9-10-19(3)26-25(29)16-22(20-13-15-30-18-20)23-17-27(4)24-12-8-7-11-21(23)24/h7-8,11-13,15,17-19,22H,5-6,9-10,14,16H2,1-4H3,(H,26,29). The highest BCUT2D eigenvalue weighted by Gasteiger charge is 2.23. The summed E-state index contributed by atoms with van der Waals surface area (Å²) in [6.45, 7) is 9.80. The lowest BCUT2D eigenvalue weighted by molar-refractivity contribution is -0.121. The van der Waals surface area contributed by atoms with E-state index in [-0.39, 0.29) is 17.9 Å². The first-order valence-corrected chi connectivity index (χ1v) is 12.1. The molecular weight excluding hydrogens is 390 g/mol. The number of carbonyl (C=O) groups excluding carboxylic acids is 1. The molecule has 4 nitrogen and oxygen atoms in total. The van der Waals surface area contributed by atoms with Crippen LogP contribution >= 0.6 is 11.3 Å². The van der Waals surface area contributed by atoms with Gasteiger partial charge in [-0.05, 0) is 73.4 Å². The van der Waals surface area contributed by atoms with Crippen LogP contribution < -0.4 is 5.32 Å². The van der Waals surface area contributed by atoms with E-state index in [1.54, 1.807) is 11.3 Å². The number of nitrogens with zero attached hydrogens (tertiary/aromatic N) is 2. The van der Waals surface area contributed by atoms with Crippen molar-refractivity contribution in [1.29, 1.82) is 0 Å². The molecule has 2 aromatic heterocycles. The van der Waals surface area contributed by atoms with E-state index in [2.05, 4.69) is 89.9 Å². The van der Waals surface area contributed by atoms with Crippen LogP contribution in [0.3, 0.4) is 0 Å². The maximum Gasteiger partial charge on any atom is 0.221 e. The van der Waals surface area contributed by atoms with Gasteiger partial charge in [0.15, 0.2) is 0 Å². The molecule has 30 heavy (non-hydrogen) atoms. The quantitative estimate of drug-likeness (QED) is 0.447. The minimum absolute atomic E-state index is 0.0743. The number of hydrogen-bond acceptors (Lipinski definition) is 3. The molecule has 162 valence electrons. The molecule has 1 N–H and O–H groups in total. The predicted molar refractivity (Wildman–Crippen MR) is 128 cm³/mol. The van der Waals surface area contributed by atoms with Gasteiger partial charge < -0.3 is 14.8 Å². The second-order valence-electron chi connectivity index (χ2n) is 8.16. The summed E-state index contributed by atoms with van der Waals surface area (Å²) in [5, 5.41) is 8.75. The summed E-state index contributed by atoms with van der Waals surface area (Å²) in [5.41, 5.74) is 3.66. The van der Waals surface area contributed by atoms with Crippen molar-refractivity contribution in [2.45, 2.75) is 52.0 Å². The fourth-order valence-corrected chi connectivity index (χ4v) is 5.00. The molecule has 0 spiro atoms. The van der Waals surface area contributed by atoms with E-state index in [0.717, 1.165) is 32.5 Å². The third-order valence-electron chi connectivity index (χ3n) is 6.05. The Morgan fingerprint density at radius 1 is 1.20 bits per heavy atom. The number of hydrogen-bond donors (Lipinski definition) is 1. The van der Waals surface area contributed by atoms with Crippen molar-refractivity contribution < 1.29 is 4.79 Å². The molecule has 0 fully saturated rings. The van der Waals surface area contributed by atoms with Crippen molar-refractivity contribution in [1.82, 2.24) is 14.8 Å². The summed E-state index contributed by atoms with van der Waals surface area (Å²) in [6.07, 6.45) is 4.79. The van der Waals surface area contributed by atoms with Crippen molar-refractivity contribution >= 4 is 28.1 Å². The number of para-hydroxylation sites is 1. The zero-order valence-electron chi connectivity index (χ0n) is 18.7. The van der Waals surface area contributed by atoms with Gasteiger partial charge in [0.05, 0.1) is 0 Å². The minimum atomic E-state index is 0.0743. The second kappa shape index (κ2) is 10.8. The lowest BCUT2D eigenvalue weighted by Gasteiger charge is -2.21. The Bertz CT molecular complexity index is 927. The summed E-state index contributed by atoms with van der Waals surface area (Å²) in [4.78, 5) is 15.4. The smallest absolute Gasteiger partial charge is 0.221 e. The van der Waals surface area contributed by atoms with Crippen molar-refractivity contribution in [2.24, 2.45) is 7.05 Å². The Morgan fingerprint density at radius 2 is 1.97 bits per heavy atom. The van der Waals surface area contributed by atoms with Gasteiger partial charge in [0.2, 0.25) is 5.91 Å². The van der Waals surface area contributed by atoms with E-state index in [1.165, 1.54) is 22.0 Å². The van der Waals surface area contributed by atoms with Gasteiger partial charge in [0.1, 0.15) is 0 Å². The van der Waals surface area contributed by atoms with Crippen LogP contribution in [0, 0.1) is 0 Å². The Labute approximate surface area is 184 Å². The highest BCUT2D eigenvalue weighted by molar-refractivity contribution is 7.08. The minimum Gasteiger partial charge on any atom is -0.354 e. The summed E-state index contributed by atoms with van der Waals surface area (Å²) in [6, 6.07) is 10.8. The molecule has 0 radical (unpaired) electrons. The van der Waals surface area contributed by atoms with Gasteiger partial charge in [0, 0.05) is 42.5 Å². The Hall–Kier alpha value is -2.11. The van der Waals surface area contributed by atoms with E-state index in [4.69, 9.17) is 0 Å². The molecule has 2 heterocycles. The maximum absolute atomic E-state index is 13.0. The number of thiophene rings is 1. The van der Waals surface area contributed by atoms with Gasteiger partial charge in [-0.3, -0.25) is 4.79 Å². The number of aryl methyl sites for hydroxylation is 1. The fourth-order valence-electron chi connectivity index (χ4n) is 4.28. The first-order valence-electron chi connectivity index (χ1n) is 11.1. The normalized spacial score (nSPS) is 13.6. The Balaban J connectivity index is 1.68. The van der Waals surface area contributed by atoms with Crippen LogP contribution in [0.25, 0.3) is 10.9 Å². The molecule has 2 unspecified atom stereocenters. The fraction of sp³-hybridized carbons (Fsp3) is 0.480. The van der Waals surface area contributed by atoms with Crippen molar-refractivity contribution in [2.75, 3.05) is 19.6 Å². The van der Waals surface area contributed by atoms with Crippen molar-refractivity contribution in [3.8, 4) is 0 Å². The van der Waals surface area contributed by atoms with Crippen LogP contribution in [0.1, 0.15) is 57.1 Å². The molecule has 2 atom stereocenters. The Kier molecular flexibility index (Phi) is 8.11. The largest absolute Gasteiger partial charge is 0.354 e. The third kappa shape index (κ3) is 5.52. The average molecular weight is 426 g/mol. The van der Waals surface area contributed by atoms with E-state index < -0.39 is 0 Å². The van der Waals surface area contributed by atoms with Gasteiger partial charge in [0.25, 0.3) is 0 Å². The number of carbonyl (C=O) groups is 1. The van der Waals surface area contributed by atoms with Crippen LogP contribution in [-0.2, 0) is 11.8 Å². The number of benzene rings is 1. The number of nitrogens with one attached hydrogen (secondary N) is 1. The molecule has 3 rings (SSSR count). The number of fused-ring (bicyclic) bond motifs is 1. The molecule has 0 aliphatic rings. The number of aromatic nitrogens is 1. The molecule has 0 bridgehead atoms. The van der Waals surface area contributed by atoms with Gasteiger partial charge >= 0.3 is 0 Å². The van der Waals surface area contributed by atoms with Crippen LogP contribution in [0.5, 0.6) is 0 Å². The van der Waals surface area contributed by atoms with Crippen LogP contribution in [-0.4, -0.2) is 41.1 Å². The number of rotatable bonds is 11. The molecule has 0 saturated heterocycles. The topological polar surface area (TPSA) is 37.3 Å².